The van der Waals surface area contributed by atoms with Crippen LogP contribution in [0.25, 0.3) is 16.2 Å². The minimum atomic E-state index is -3.80. The molecule has 0 atom stereocenters. The van der Waals surface area contributed by atoms with E-state index in [1.165, 1.54) is 29.5 Å². The Balaban J connectivity index is 1.44. The summed E-state index contributed by atoms with van der Waals surface area (Å²) in [4.78, 5) is 14.5. The number of sulfonamides is 1. The predicted octanol–water partition coefficient (Wildman–Crippen LogP) is 6.76. The van der Waals surface area contributed by atoms with E-state index in [2.05, 4.69) is 15.0 Å². The van der Waals surface area contributed by atoms with Gasteiger partial charge in [0.2, 0.25) is 0 Å². The highest BCUT2D eigenvalue weighted by atomic mass is 32.2. The van der Waals surface area contributed by atoms with Gasteiger partial charge in [0, 0.05) is 41.1 Å². The molecule has 1 N–H and O–H groups in total. The normalized spacial score (nSPS) is 11.9. The van der Waals surface area contributed by atoms with Crippen LogP contribution in [-0.2, 0) is 19.6 Å². The van der Waals surface area contributed by atoms with Gasteiger partial charge in [-0.05, 0) is 91.2 Å². The lowest BCUT2D eigenvalue weighted by Gasteiger charge is -2.11. The summed E-state index contributed by atoms with van der Waals surface area (Å²) < 4.78 is 34.3. The van der Waals surface area contributed by atoms with Crippen LogP contribution < -0.4 is 9.62 Å². The van der Waals surface area contributed by atoms with Crippen LogP contribution in [0.3, 0.4) is 0 Å². The maximum absolute atomic E-state index is 12.9. The third kappa shape index (κ3) is 6.81. The predicted molar refractivity (Wildman–Crippen MR) is 150 cm³/mol. The molecule has 1 heterocycles. The number of nitrogens with zero attached hydrogens (tertiary/aromatic N) is 3. The fraction of sp³-hybridized carbons (Fsp3) is 0.148. The molecule has 10 heteroatoms. The first-order valence-electron chi connectivity index (χ1n) is 11.4. The summed E-state index contributed by atoms with van der Waals surface area (Å²) in [6, 6.07) is 21.0. The van der Waals surface area contributed by atoms with Gasteiger partial charge in [0.25, 0.3) is 10.0 Å². The lowest BCUT2D eigenvalue weighted by molar-refractivity contribution is -0.137. The molecule has 4 rings (SSSR count). The Morgan fingerprint density at radius 1 is 0.973 bits per heavy atom. The Morgan fingerprint density at radius 3 is 2.24 bits per heavy atom. The summed E-state index contributed by atoms with van der Waals surface area (Å²) in [5, 5.41) is 9.27. The van der Waals surface area contributed by atoms with Crippen LogP contribution in [0.5, 0.6) is 0 Å². The molecule has 0 saturated heterocycles. The Morgan fingerprint density at radius 2 is 1.62 bits per heavy atom. The van der Waals surface area contributed by atoms with Gasteiger partial charge in [-0.1, -0.05) is 0 Å². The van der Waals surface area contributed by atoms with Crippen LogP contribution in [0.2, 0.25) is 0 Å². The van der Waals surface area contributed by atoms with Crippen molar-refractivity contribution in [2.24, 2.45) is 10.2 Å². The van der Waals surface area contributed by atoms with Crippen molar-refractivity contribution >= 4 is 66.2 Å². The van der Waals surface area contributed by atoms with Crippen molar-refractivity contribution in [3.8, 4) is 0 Å². The van der Waals surface area contributed by atoms with Crippen LogP contribution in [0.15, 0.2) is 94.0 Å². The number of hydrogen-bond donors (Lipinski definition) is 1. The summed E-state index contributed by atoms with van der Waals surface area (Å²) in [6.45, 7) is 2.07. The maximum atomic E-state index is 12.9. The third-order valence-electron chi connectivity index (χ3n) is 5.25. The third-order valence-corrected chi connectivity index (χ3v) is 7.73. The maximum Gasteiger partial charge on any atom is 0.330 e. The monoisotopic (exact) mass is 534 g/mol. The van der Waals surface area contributed by atoms with E-state index in [0.717, 1.165) is 20.7 Å². The molecule has 0 aliphatic rings. The number of rotatable bonds is 9. The first-order valence-corrected chi connectivity index (χ1v) is 13.7. The number of carbonyl (C=O) groups excluding carboxylic acids is 1. The highest BCUT2D eigenvalue weighted by Crippen LogP contribution is 2.30. The van der Waals surface area contributed by atoms with E-state index in [1.807, 2.05) is 55.4 Å². The molecule has 0 radical (unpaired) electrons. The van der Waals surface area contributed by atoms with Gasteiger partial charge in [-0.25, -0.2) is 13.2 Å². The zero-order valence-electron chi connectivity index (χ0n) is 20.6. The number of benzene rings is 3. The Bertz CT molecular complexity index is 1560. The van der Waals surface area contributed by atoms with Crippen molar-refractivity contribution < 1.29 is 17.9 Å². The van der Waals surface area contributed by atoms with E-state index in [0.29, 0.717) is 23.7 Å². The van der Waals surface area contributed by atoms with E-state index in [-0.39, 0.29) is 4.90 Å². The highest BCUT2D eigenvalue weighted by molar-refractivity contribution is 7.92. The lowest BCUT2D eigenvalue weighted by atomic mass is 10.2. The molecule has 4 aromatic rings. The number of thiophene rings is 1. The van der Waals surface area contributed by atoms with E-state index >= 15 is 0 Å². The van der Waals surface area contributed by atoms with Crippen LogP contribution in [-0.4, -0.2) is 35.1 Å². The summed E-state index contributed by atoms with van der Waals surface area (Å²) in [5.74, 6) is -0.403. The van der Waals surface area contributed by atoms with Crippen LogP contribution in [0.4, 0.5) is 22.7 Å². The molecule has 8 nitrogen and oxygen atoms in total. The fourth-order valence-electron chi connectivity index (χ4n) is 3.39. The van der Waals surface area contributed by atoms with Gasteiger partial charge in [-0.15, -0.1) is 11.3 Å². The number of nitrogens with one attached hydrogen (secondary N) is 1. The minimum Gasteiger partial charge on any atom is -0.463 e. The molecule has 0 spiro atoms. The van der Waals surface area contributed by atoms with Crippen LogP contribution in [0, 0.1) is 0 Å². The molecule has 1 aromatic heterocycles. The quantitative estimate of drug-likeness (QED) is 0.145. The molecule has 0 saturated carbocycles. The van der Waals surface area contributed by atoms with Crippen LogP contribution >= 0.6 is 11.3 Å². The SMILES string of the molecule is CCOC(=O)/C=C/c1cc2cc(NS(=O)(=O)c3ccc(/N=N/c4ccc(N(C)C)cc4)cc3)ccc2s1. The van der Waals surface area contributed by atoms with Gasteiger partial charge < -0.3 is 9.64 Å². The smallest absolute Gasteiger partial charge is 0.330 e. The van der Waals surface area contributed by atoms with E-state index in [1.54, 1.807) is 37.3 Å². The van der Waals surface area contributed by atoms with Gasteiger partial charge in [-0.2, -0.15) is 10.2 Å². The van der Waals surface area contributed by atoms with Crippen molar-refractivity contribution in [1.82, 2.24) is 0 Å². The second-order valence-corrected chi connectivity index (χ2v) is 11.0. The topological polar surface area (TPSA) is 100 Å². The molecule has 190 valence electrons. The number of hydrogen-bond acceptors (Lipinski definition) is 8. The van der Waals surface area contributed by atoms with Gasteiger partial charge in [0.05, 0.1) is 22.9 Å². The zero-order chi connectivity index (χ0) is 26.4. The molecular weight excluding hydrogens is 508 g/mol. The first kappa shape index (κ1) is 26.1. The molecule has 37 heavy (non-hydrogen) atoms. The molecule has 3 aromatic carbocycles. The van der Waals surface area contributed by atoms with Gasteiger partial charge in [0.1, 0.15) is 0 Å². The largest absolute Gasteiger partial charge is 0.463 e. The lowest BCUT2D eigenvalue weighted by Crippen LogP contribution is -2.12. The molecule has 0 aliphatic carbocycles. The molecule has 0 amide bonds. The second kappa shape index (κ2) is 11.4. The molecule has 0 unspecified atom stereocenters. The molecule has 0 bridgehead atoms. The van der Waals surface area contributed by atoms with Crippen molar-refractivity contribution in [2.75, 3.05) is 30.3 Å². The average molecular weight is 535 g/mol. The number of anilines is 2. The van der Waals surface area contributed by atoms with Crippen molar-refractivity contribution in [2.45, 2.75) is 11.8 Å². The summed E-state index contributed by atoms with van der Waals surface area (Å²) in [7, 11) is 0.129. The standard InChI is InChI=1S/C27H26N4O4S2/c1-4-35-27(32)16-12-24-18-19-17-22(9-15-26(19)36-24)30-37(33,34)25-13-7-21(8-14-25)29-28-20-5-10-23(11-6-20)31(2)3/h5-18,30H,4H2,1-3H3/b16-12+,29-28+. The number of esters is 1. The zero-order valence-corrected chi connectivity index (χ0v) is 22.2. The fourth-order valence-corrected chi connectivity index (χ4v) is 5.39. The Kier molecular flexibility index (Phi) is 8.00. The number of azo groups is 1. The van der Waals surface area contributed by atoms with Gasteiger partial charge in [-0.3, -0.25) is 4.72 Å². The van der Waals surface area contributed by atoms with E-state index in [9.17, 15) is 13.2 Å². The van der Waals surface area contributed by atoms with Gasteiger partial charge >= 0.3 is 5.97 Å². The number of fused-ring (bicyclic) bond motifs is 1. The Labute approximate surface area is 220 Å². The second-order valence-electron chi connectivity index (χ2n) is 8.20. The molecule has 0 aliphatic heterocycles. The Hall–Kier alpha value is -4.02. The minimum absolute atomic E-state index is 0.116. The van der Waals surface area contributed by atoms with E-state index < -0.39 is 16.0 Å². The van der Waals surface area contributed by atoms with Crippen molar-refractivity contribution in [3.05, 3.63) is 83.7 Å². The average Bonchev–Trinajstić information content (AvgIpc) is 3.29. The van der Waals surface area contributed by atoms with Gasteiger partial charge in [0.15, 0.2) is 0 Å². The van der Waals surface area contributed by atoms with Crippen LogP contribution in [0.1, 0.15) is 11.8 Å². The highest BCUT2D eigenvalue weighted by Gasteiger charge is 2.15. The number of carbonyl (C=O) groups is 1. The van der Waals surface area contributed by atoms with Crippen molar-refractivity contribution in [3.63, 3.8) is 0 Å². The van der Waals surface area contributed by atoms with Crippen molar-refractivity contribution in [1.29, 1.82) is 0 Å². The molecule has 0 fully saturated rings. The first-order chi connectivity index (χ1) is 17.7. The summed E-state index contributed by atoms with van der Waals surface area (Å²) >= 11 is 1.49. The summed E-state index contributed by atoms with van der Waals surface area (Å²) in [5.41, 5.74) is 2.74. The molecular formula is C27H26N4O4S2. The summed E-state index contributed by atoms with van der Waals surface area (Å²) in [6.07, 6.45) is 3.06. The van der Waals surface area contributed by atoms with E-state index in [4.69, 9.17) is 4.74 Å². The number of ether oxygens (including phenoxy) is 1.